The van der Waals surface area contributed by atoms with Gasteiger partial charge in [0.05, 0.1) is 13.9 Å². The van der Waals surface area contributed by atoms with E-state index in [2.05, 4.69) is 12.6 Å². The van der Waals surface area contributed by atoms with Crippen LogP contribution in [0.4, 0.5) is 0 Å². The number of thiol groups is 1. The lowest BCUT2D eigenvalue weighted by Crippen LogP contribution is -1.66. The zero-order chi connectivity index (χ0) is 8.72. The van der Waals surface area contributed by atoms with E-state index in [0.717, 1.165) is 14.3 Å². The van der Waals surface area contributed by atoms with Gasteiger partial charge in [0.25, 0.3) is 0 Å². The molecule has 0 radical (unpaired) electrons. The van der Waals surface area contributed by atoms with Crippen molar-refractivity contribution in [1.29, 1.82) is 0 Å². The van der Waals surface area contributed by atoms with Gasteiger partial charge < -0.3 is 5.11 Å². The van der Waals surface area contributed by atoms with E-state index >= 15 is 0 Å². The summed E-state index contributed by atoms with van der Waals surface area (Å²) in [4.78, 5) is 0. The van der Waals surface area contributed by atoms with Gasteiger partial charge in [0, 0.05) is 5.39 Å². The lowest BCUT2D eigenvalue weighted by Gasteiger charge is -1.94. The van der Waals surface area contributed by atoms with E-state index in [1.54, 1.807) is 12.1 Å². The minimum absolute atomic E-state index is 0.256. The Labute approximate surface area is 84.0 Å². The Kier molecular flexibility index (Phi) is 1.94. The Bertz CT molecular complexity index is 397. The molecule has 0 aliphatic rings. The zero-order valence-electron chi connectivity index (χ0n) is 5.91. The molecule has 1 nitrogen and oxygen atoms in total. The first-order valence-corrected chi connectivity index (χ1v) is 4.92. The van der Waals surface area contributed by atoms with Crippen LogP contribution in [0.1, 0.15) is 0 Å². The van der Waals surface area contributed by atoms with Crippen LogP contribution in [-0.4, -0.2) is 5.11 Å². The molecular formula is C8H5ClOS2. The van der Waals surface area contributed by atoms with Crippen LogP contribution in [0, 0.1) is 0 Å². The third-order valence-electron chi connectivity index (χ3n) is 1.60. The van der Waals surface area contributed by atoms with Crippen LogP contribution in [-0.2, 0) is 0 Å². The van der Waals surface area contributed by atoms with Crippen LogP contribution < -0.4 is 0 Å². The van der Waals surface area contributed by atoms with Crippen molar-refractivity contribution in [2.75, 3.05) is 0 Å². The third-order valence-corrected chi connectivity index (χ3v) is 3.40. The number of phenols is 1. The minimum Gasteiger partial charge on any atom is -0.507 e. The summed E-state index contributed by atoms with van der Waals surface area (Å²) in [6, 6.07) is 5.08. The molecule has 0 unspecified atom stereocenters. The number of hydrogen-bond donors (Lipinski definition) is 2. The molecule has 1 N–H and O–H groups in total. The molecule has 0 amide bonds. The molecule has 62 valence electrons. The summed E-state index contributed by atoms with van der Waals surface area (Å²) in [5.74, 6) is 0.256. The first-order valence-electron chi connectivity index (χ1n) is 3.28. The van der Waals surface area contributed by atoms with Crippen molar-refractivity contribution in [3.05, 3.63) is 23.2 Å². The summed E-state index contributed by atoms with van der Waals surface area (Å²) in [6.07, 6.45) is 0. The molecule has 12 heavy (non-hydrogen) atoms. The number of rotatable bonds is 0. The molecule has 0 atom stereocenters. The molecule has 0 aliphatic heterocycles. The number of halogens is 1. The molecule has 1 aromatic heterocycles. The summed E-state index contributed by atoms with van der Waals surface area (Å²) in [6.45, 7) is 0. The van der Waals surface area contributed by atoms with Gasteiger partial charge in [0.1, 0.15) is 5.75 Å². The zero-order valence-corrected chi connectivity index (χ0v) is 8.38. The van der Waals surface area contributed by atoms with Crippen LogP contribution in [0.2, 0.25) is 5.02 Å². The quantitative estimate of drug-likeness (QED) is 0.646. The molecule has 0 bridgehead atoms. The van der Waals surface area contributed by atoms with Crippen LogP contribution >= 0.6 is 35.6 Å². The van der Waals surface area contributed by atoms with E-state index in [9.17, 15) is 5.11 Å². The first-order chi connectivity index (χ1) is 5.68. The Morgan fingerprint density at radius 1 is 1.42 bits per heavy atom. The number of fused-ring (bicyclic) bond motifs is 1. The Balaban J connectivity index is 2.93. The van der Waals surface area contributed by atoms with Crippen molar-refractivity contribution < 1.29 is 5.11 Å². The second-order valence-corrected chi connectivity index (χ2v) is 4.64. The monoisotopic (exact) mass is 216 g/mol. The van der Waals surface area contributed by atoms with Crippen molar-refractivity contribution in [2.45, 2.75) is 4.21 Å². The largest absolute Gasteiger partial charge is 0.507 e. The van der Waals surface area contributed by atoms with Gasteiger partial charge >= 0.3 is 0 Å². The fraction of sp³-hybridized carbons (Fsp3) is 0. The number of hydrogen-bond acceptors (Lipinski definition) is 3. The minimum atomic E-state index is 0.256. The van der Waals surface area contributed by atoms with Gasteiger partial charge in [-0.1, -0.05) is 11.6 Å². The summed E-state index contributed by atoms with van der Waals surface area (Å²) in [5, 5.41) is 10.9. The lowest BCUT2D eigenvalue weighted by atomic mass is 10.2. The van der Waals surface area contributed by atoms with Gasteiger partial charge in [-0.15, -0.1) is 24.0 Å². The van der Waals surface area contributed by atoms with E-state index in [1.165, 1.54) is 11.3 Å². The van der Waals surface area contributed by atoms with Gasteiger partial charge in [-0.3, -0.25) is 0 Å². The maximum absolute atomic E-state index is 9.42. The second kappa shape index (κ2) is 2.83. The van der Waals surface area contributed by atoms with Gasteiger partial charge in [-0.2, -0.15) is 0 Å². The Morgan fingerprint density at radius 3 is 2.83 bits per heavy atom. The molecule has 0 fully saturated rings. The van der Waals surface area contributed by atoms with E-state index < -0.39 is 0 Å². The van der Waals surface area contributed by atoms with Gasteiger partial charge in [0.2, 0.25) is 0 Å². The molecule has 1 aromatic carbocycles. The third kappa shape index (κ3) is 1.18. The van der Waals surface area contributed by atoms with Gasteiger partial charge in [0.15, 0.2) is 0 Å². The van der Waals surface area contributed by atoms with Gasteiger partial charge in [-0.25, -0.2) is 0 Å². The smallest absolute Gasteiger partial charge is 0.124 e. The highest BCUT2D eigenvalue weighted by Crippen LogP contribution is 2.38. The summed E-state index contributed by atoms with van der Waals surface area (Å²) in [5.41, 5.74) is 0. The molecule has 0 spiro atoms. The molecule has 0 saturated heterocycles. The normalized spacial score (nSPS) is 10.8. The molecule has 2 rings (SSSR count). The number of aromatic hydroxyl groups is 1. The predicted molar refractivity (Wildman–Crippen MR) is 55.8 cm³/mol. The molecule has 0 aliphatic carbocycles. The van der Waals surface area contributed by atoms with Crippen LogP contribution in [0.5, 0.6) is 5.75 Å². The SMILES string of the molecule is Oc1ccc(Cl)c2sc(S)cc12. The molecular weight excluding hydrogens is 212 g/mol. The fourth-order valence-corrected chi connectivity index (χ4v) is 2.57. The highest BCUT2D eigenvalue weighted by molar-refractivity contribution is 7.83. The number of phenolic OH excluding ortho intramolecular Hbond substituents is 1. The Hall–Kier alpha value is -0.380. The summed E-state index contributed by atoms with van der Waals surface area (Å²) >= 11 is 11.6. The average molecular weight is 217 g/mol. The second-order valence-electron chi connectivity index (χ2n) is 2.39. The Morgan fingerprint density at radius 2 is 2.17 bits per heavy atom. The van der Waals surface area contributed by atoms with E-state index in [1.807, 2.05) is 6.07 Å². The topological polar surface area (TPSA) is 20.2 Å². The van der Waals surface area contributed by atoms with E-state index in [0.29, 0.717) is 5.02 Å². The highest BCUT2D eigenvalue weighted by atomic mass is 35.5. The lowest BCUT2D eigenvalue weighted by molar-refractivity contribution is 0.482. The standard InChI is InChI=1S/C8H5ClOS2/c9-5-1-2-6(10)4-3-7(11)12-8(4)5/h1-3,10-11H. The summed E-state index contributed by atoms with van der Waals surface area (Å²) in [7, 11) is 0. The van der Waals surface area contributed by atoms with Crippen molar-refractivity contribution in [1.82, 2.24) is 0 Å². The number of thiophene rings is 1. The maximum Gasteiger partial charge on any atom is 0.124 e. The fourth-order valence-electron chi connectivity index (χ4n) is 1.06. The molecule has 1 heterocycles. The highest BCUT2D eigenvalue weighted by Gasteiger charge is 2.06. The predicted octanol–water partition coefficient (Wildman–Crippen LogP) is 3.55. The van der Waals surface area contributed by atoms with Crippen molar-refractivity contribution in [3.63, 3.8) is 0 Å². The van der Waals surface area contributed by atoms with E-state index in [4.69, 9.17) is 11.6 Å². The molecule has 4 heteroatoms. The van der Waals surface area contributed by atoms with Crippen LogP contribution in [0.15, 0.2) is 22.4 Å². The molecule has 2 aromatic rings. The van der Waals surface area contributed by atoms with Crippen LogP contribution in [0.3, 0.4) is 0 Å². The van der Waals surface area contributed by atoms with Crippen molar-refractivity contribution >= 4 is 45.7 Å². The maximum atomic E-state index is 9.42. The van der Waals surface area contributed by atoms with Gasteiger partial charge in [-0.05, 0) is 18.2 Å². The van der Waals surface area contributed by atoms with E-state index in [-0.39, 0.29) is 5.75 Å². The summed E-state index contributed by atoms with van der Waals surface area (Å²) < 4.78 is 1.75. The van der Waals surface area contributed by atoms with Crippen molar-refractivity contribution in [2.24, 2.45) is 0 Å². The van der Waals surface area contributed by atoms with Crippen molar-refractivity contribution in [3.8, 4) is 5.75 Å². The number of benzene rings is 1. The van der Waals surface area contributed by atoms with Crippen LogP contribution in [0.25, 0.3) is 10.1 Å². The molecule has 0 saturated carbocycles. The first kappa shape index (κ1) is 8.23. The average Bonchev–Trinajstić information content (AvgIpc) is 2.41.